The molecule has 6 heteroatoms. The number of benzene rings is 3. The topological polar surface area (TPSA) is 47.1 Å². The number of methoxy groups -OCH3 is 2. The lowest BCUT2D eigenvalue weighted by Crippen LogP contribution is -1.87. The zero-order chi connectivity index (χ0) is 20.2. The molecule has 0 unspecified atom stereocenters. The Morgan fingerprint density at radius 2 is 1.31 bits per heavy atom. The highest BCUT2D eigenvalue weighted by Crippen LogP contribution is 2.36. The summed E-state index contributed by atoms with van der Waals surface area (Å²) in [6.07, 6.45) is 0. The van der Waals surface area contributed by atoms with Crippen LogP contribution in [0.2, 0.25) is 5.02 Å². The number of rotatable bonds is 6. The minimum Gasteiger partial charge on any atom is -0.497 e. The summed E-state index contributed by atoms with van der Waals surface area (Å²) >= 11 is 7.56. The normalized spacial score (nSPS) is 10.7. The summed E-state index contributed by atoms with van der Waals surface area (Å²) in [5, 5.41) is 1.52. The number of nitrogens with one attached hydrogen (secondary N) is 1. The van der Waals surface area contributed by atoms with E-state index < -0.39 is 0 Å². The third-order valence-corrected chi connectivity index (χ3v) is 5.60. The van der Waals surface area contributed by atoms with Gasteiger partial charge in [-0.2, -0.15) is 0 Å². The molecular weight excluding hydrogens is 404 g/mol. The van der Waals surface area contributed by atoms with Crippen LogP contribution in [-0.2, 0) is 0 Å². The highest BCUT2D eigenvalue weighted by atomic mass is 35.5. The second-order valence-electron chi connectivity index (χ2n) is 6.28. The maximum absolute atomic E-state index is 6.00. The van der Waals surface area contributed by atoms with E-state index in [1.54, 1.807) is 26.0 Å². The molecule has 0 spiro atoms. The molecule has 0 bridgehead atoms. The van der Waals surface area contributed by atoms with E-state index in [1.807, 2.05) is 72.8 Å². The van der Waals surface area contributed by atoms with Crippen LogP contribution in [0.5, 0.6) is 11.5 Å². The van der Waals surface area contributed by atoms with Crippen molar-refractivity contribution in [2.24, 2.45) is 0 Å². The van der Waals surface area contributed by atoms with Crippen molar-refractivity contribution in [3.8, 4) is 34.0 Å². The van der Waals surface area contributed by atoms with Crippen molar-refractivity contribution in [1.29, 1.82) is 0 Å². The number of halogens is 1. The lowest BCUT2D eigenvalue weighted by molar-refractivity contribution is 0.414. The van der Waals surface area contributed by atoms with Gasteiger partial charge in [0.25, 0.3) is 0 Å². The zero-order valence-corrected chi connectivity index (χ0v) is 17.6. The first-order chi connectivity index (χ1) is 14.2. The summed E-state index contributed by atoms with van der Waals surface area (Å²) < 4.78 is 10.6. The summed E-state index contributed by atoms with van der Waals surface area (Å²) in [6.45, 7) is 0. The standard InChI is InChI=1S/C23H19ClN2O2S/c1-27-18-9-3-15(4-10-18)21-22(16-5-11-19(28-2)12-6-16)26-23(25-21)29-20-13-7-17(24)8-14-20/h3-14H,1-2H3,(H,25,26). The van der Waals surface area contributed by atoms with Gasteiger partial charge in [-0.25, -0.2) is 4.98 Å². The van der Waals surface area contributed by atoms with Crippen LogP contribution in [0.15, 0.2) is 82.8 Å². The first-order valence-corrected chi connectivity index (χ1v) is 10.2. The van der Waals surface area contributed by atoms with Gasteiger partial charge in [0.15, 0.2) is 5.16 Å². The molecule has 0 amide bonds. The Labute approximate surface area is 178 Å². The lowest BCUT2D eigenvalue weighted by Gasteiger charge is -2.06. The summed E-state index contributed by atoms with van der Waals surface area (Å²) in [4.78, 5) is 9.41. The van der Waals surface area contributed by atoms with E-state index in [2.05, 4.69) is 4.98 Å². The first-order valence-electron chi connectivity index (χ1n) is 8.98. The zero-order valence-electron chi connectivity index (χ0n) is 16.0. The van der Waals surface area contributed by atoms with Gasteiger partial charge in [-0.05, 0) is 72.8 Å². The minimum absolute atomic E-state index is 0.714. The molecule has 29 heavy (non-hydrogen) atoms. The van der Waals surface area contributed by atoms with Crippen LogP contribution in [0.3, 0.4) is 0 Å². The number of nitrogens with zero attached hydrogens (tertiary/aromatic N) is 1. The smallest absolute Gasteiger partial charge is 0.171 e. The van der Waals surface area contributed by atoms with Gasteiger partial charge in [0.2, 0.25) is 0 Å². The Hall–Kier alpha value is -2.89. The summed E-state index contributed by atoms with van der Waals surface area (Å²) in [7, 11) is 3.32. The highest BCUT2D eigenvalue weighted by molar-refractivity contribution is 7.99. The van der Waals surface area contributed by atoms with Crippen LogP contribution < -0.4 is 9.47 Å². The Morgan fingerprint density at radius 3 is 1.86 bits per heavy atom. The lowest BCUT2D eigenvalue weighted by atomic mass is 10.0. The molecule has 0 saturated heterocycles. The molecule has 0 aliphatic carbocycles. The van der Waals surface area contributed by atoms with Gasteiger partial charge >= 0.3 is 0 Å². The number of hydrogen-bond acceptors (Lipinski definition) is 4. The van der Waals surface area contributed by atoms with Crippen molar-refractivity contribution in [1.82, 2.24) is 9.97 Å². The molecule has 0 aliphatic rings. The van der Waals surface area contributed by atoms with Gasteiger partial charge < -0.3 is 14.5 Å². The molecule has 0 atom stereocenters. The van der Waals surface area contributed by atoms with Crippen LogP contribution in [0, 0.1) is 0 Å². The Morgan fingerprint density at radius 1 is 0.759 bits per heavy atom. The quantitative estimate of drug-likeness (QED) is 0.382. The molecule has 1 N–H and O–H groups in total. The highest BCUT2D eigenvalue weighted by Gasteiger charge is 2.15. The Kier molecular flexibility index (Phi) is 5.79. The fourth-order valence-electron chi connectivity index (χ4n) is 2.94. The third kappa shape index (κ3) is 4.42. The van der Waals surface area contributed by atoms with Crippen LogP contribution in [0.1, 0.15) is 0 Å². The van der Waals surface area contributed by atoms with E-state index in [0.29, 0.717) is 5.02 Å². The SMILES string of the molecule is COc1ccc(-c2nc(Sc3ccc(Cl)cc3)[nH]c2-c2ccc(OC)cc2)cc1. The maximum Gasteiger partial charge on any atom is 0.171 e. The fourth-order valence-corrected chi connectivity index (χ4v) is 3.85. The number of H-pyrrole nitrogens is 1. The second-order valence-corrected chi connectivity index (χ2v) is 7.78. The van der Waals surface area contributed by atoms with Crippen molar-refractivity contribution >= 4 is 23.4 Å². The number of hydrogen-bond donors (Lipinski definition) is 1. The van der Waals surface area contributed by atoms with E-state index in [4.69, 9.17) is 26.1 Å². The largest absolute Gasteiger partial charge is 0.497 e. The summed E-state index contributed by atoms with van der Waals surface area (Å²) in [5.74, 6) is 1.63. The maximum atomic E-state index is 6.00. The van der Waals surface area contributed by atoms with Crippen molar-refractivity contribution in [3.63, 3.8) is 0 Å². The van der Waals surface area contributed by atoms with E-state index in [0.717, 1.165) is 44.1 Å². The van der Waals surface area contributed by atoms with Crippen LogP contribution >= 0.6 is 23.4 Å². The molecule has 4 aromatic rings. The molecule has 4 nitrogen and oxygen atoms in total. The summed E-state index contributed by atoms with van der Waals surface area (Å²) in [6, 6.07) is 23.6. The van der Waals surface area contributed by atoms with E-state index in [-0.39, 0.29) is 0 Å². The van der Waals surface area contributed by atoms with E-state index in [9.17, 15) is 0 Å². The second kappa shape index (κ2) is 8.64. The molecule has 0 saturated carbocycles. The number of ether oxygens (including phenoxy) is 2. The summed E-state index contributed by atoms with van der Waals surface area (Å²) in [5.41, 5.74) is 3.88. The Bertz CT molecular complexity index is 1030. The monoisotopic (exact) mass is 422 g/mol. The predicted molar refractivity (Wildman–Crippen MR) is 118 cm³/mol. The minimum atomic E-state index is 0.714. The predicted octanol–water partition coefficient (Wildman–Crippen LogP) is 6.57. The van der Waals surface area contributed by atoms with E-state index in [1.165, 1.54) is 0 Å². The van der Waals surface area contributed by atoms with Crippen LogP contribution in [0.4, 0.5) is 0 Å². The first kappa shape index (κ1) is 19.4. The number of imidazole rings is 1. The van der Waals surface area contributed by atoms with Crippen molar-refractivity contribution < 1.29 is 9.47 Å². The molecule has 0 fully saturated rings. The third-order valence-electron chi connectivity index (χ3n) is 4.45. The number of aromatic amines is 1. The molecule has 146 valence electrons. The molecule has 0 radical (unpaired) electrons. The molecular formula is C23H19ClN2O2S. The molecule has 1 aromatic heterocycles. The Balaban J connectivity index is 1.75. The van der Waals surface area contributed by atoms with Gasteiger partial charge in [-0.3, -0.25) is 0 Å². The molecule has 3 aromatic carbocycles. The van der Waals surface area contributed by atoms with Gasteiger partial charge in [-0.1, -0.05) is 23.4 Å². The van der Waals surface area contributed by atoms with Gasteiger partial charge in [0.05, 0.1) is 25.6 Å². The molecule has 0 aliphatic heterocycles. The van der Waals surface area contributed by atoms with Gasteiger partial charge in [0, 0.05) is 21.0 Å². The van der Waals surface area contributed by atoms with Crippen molar-refractivity contribution in [2.75, 3.05) is 14.2 Å². The fraction of sp³-hybridized carbons (Fsp3) is 0.0870. The van der Waals surface area contributed by atoms with Gasteiger partial charge in [0.1, 0.15) is 11.5 Å². The average molecular weight is 423 g/mol. The van der Waals surface area contributed by atoms with Gasteiger partial charge in [-0.15, -0.1) is 0 Å². The van der Waals surface area contributed by atoms with Crippen molar-refractivity contribution in [2.45, 2.75) is 10.1 Å². The molecule has 1 heterocycles. The average Bonchev–Trinajstić information content (AvgIpc) is 3.19. The van der Waals surface area contributed by atoms with Crippen LogP contribution in [0.25, 0.3) is 22.5 Å². The van der Waals surface area contributed by atoms with E-state index >= 15 is 0 Å². The van der Waals surface area contributed by atoms with Crippen molar-refractivity contribution in [3.05, 3.63) is 77.8 Å². The molecule has 4 rings (SSSR count). The van der Waals surface area contributed by atoms with Crippen LogP contribution in [-0.4, -0.2) is 24.2 Å². The number of aromatic nitrogens is 2.